The van der Waals surface area contributed by atoms with Crippen LogP contribution >= 0.6 is 23.5 Å². The van der Waals surface area contributed by atoms with Crippen molar-refractivity contribution in [2.75, 3.05) is 6.61 Å². The summed E-state index contributed by atoms with van der Waals surface area (Å²) in [7, 11) is -16.9. The number of nitrogens with zero attached hydrogens (tertiary/aromatic N) is 1. The van der Waals surface area contributed by atoms with Crippen LogP contribution in [0.2, 0.25) is 0 Å². The molecule has 0 aromatic carbocycles. The number of aliphatic hydroxyl groups excluding tert-OH is 2. The highest BCUT2D eigenvalue weighted by molar-refractivity contribution is 7.66. The molecule has 0 amide bonds. The smallest absolute Gasteiger partial charge is 0.387 e. The van der Waals surface area contributed by atoms with Crippen molar-refractivity contribution in [2.45, 2.75) is 24.5 Å². The molecule has 1 aliphatic heterocycles. The first-order valence-corrected chi connectivity index (χ1v) is 12.2. The summed E-state index contributed by atoms with van der Waals surface area (Å²) in [6.07, 6.45) is -0.975. The third-order valence-corrected chi connectivity index (χ3v) is 7.36. The number of aliphatic hydroxyl groups is 2. The van der Waals surface area contributed by atoms with E-state index in [1.54, 1.807) is 0 Å². The second-order valence-electron chi connectivity index (χ2n) is 5.79. The number of phosphoric acid groups is 3. The Morgan fingerprint density at radius 3 is 2.26 bits per heavy atom. The highest BCUT2D eigenvalue weighted by Crippen LogP contribution is 2.66. The zero-order valence-electron chi connectivity index (χ0n) is 14.8. The van der Waals surface area contributed by atoms with Gasteiger partial charge in [-0.2, -0.15) is 8.62 Å². The van der Waals surface area contributed by atoms with Gasteiger partial charge in [0.15, 0.2) is 6.23 Å². The van der Waals surface area contributed by atoms with Gasteiger partial charge in [-0.25, -0.2) is 18.5 Å². The molecule has 1 aromatic heterocycles. The summed E-state index contributed by atoms with van der Waals surface area (Å²) in [5.41, 5.74) is -2.30. The predicted octanol–water partition coefficient (Wildman–Crippen LogP) is -2.52. The first kappa shape index (κ1) is 25.8. The molecule has 6 atom stereocenters. The molecule has 1 aliphatic rings. The Kier molecular flexibility index (Phi) is 7.64. The zero-order chi connectivity index (χ0) is 23.8. The van der Waals surface area contributed by atoms with E-state index in [-0.39, 0.29) is 5.56 Å². The summed E-state index contributed by atoms with van der Waals surface area (Å²) in [6.45, 7) is -1.08. The fraction of sp³-hybridized carbons (Fsp3) is 0.455. The Balaban J connectivity index is 2.13. The van der Waals surface area contributed by atoms with Crippen LogP contribution in [0.4, 0.5) is 0 Å². The lowest BCUT2D eigenvalue weighted by Crippen LogP contribution is -2.38. The minimum Gasteiger partial charge on any atom is -0.387 e. The summed E-state index contributed by atoms with van der Waals surface area (Å²) in [6, 6.07) is 0. The molecule has 1 fully saturated rings. The molecule has 0 bridgehead atoms. The van der Waals surface area contributed by atoms with Crippen molar-refractivity contribution in [3.05, 3.63) is 32.6 Å². The van der Waals surface area contributed by atoms with Crippen LogP contribution in [0.5, 0.6) is 0 Å². The number of nitrogens with one attached hydrogen (secondary N) is 1. The number of ether oxygens (including phenoxy) is 1. The largest absolute Gasteiger partial charge is 0.490 e. The predicted molar refractivity (Wildman–Crippen MR) is 95.0 cm³/mol. The Labute approximate surface area is 171 Å². The zero-order valence-corrected chi connectivity index (χ0v) is 17.5. The number of hydrogen-bond acceptors (Lipinski definition) is 11. The molecule has 0 saturated carbocycles. The molecule has 174 valence electrons. The summed E-state index contributed by atoms with van der Waals surface area (Å²) in [4.78, 5) is 60.7. The molecule has 2 rings (SSSR count). The van der Waals surface area contributed by atoms with Crippen LogP contribution in [-0.2, 0) is 31.6 Å². The van der Waals surface area contributed by atoms with Gasteiger partial charge in [-0.3, -0.25) is 18.9 Å². The van der Waals surface area contributed by atoms with Crippen LogP contribution in [0.15, 0.2) is 15.8 Å². The maximum absolute atomic E-state index is 11.9. The molecular weight excluding hydrogens is 493 g/mol. The van der Waals surface area contributed by atoms with Crippen LogP contribution in [0.3, 0.4) is 0 Å². The van der Waals surface area contributed by atoms with Gasteiger partial charge in [-0.15, -0.1) is 6.42 Å². The lowest BCUT2D eigenvalue weighted by Gasteiger charge is -2.19. The van der Waals surface area contributed by atoms with Crippen molar-refractivity contribution in [1.82, 2.24) is 9.55 Å². The molecule has 20 heteroatoms. The van der Waals surface area contributed by atoms with Gasteiger partial charge in [0.05, 0.1) is 6.61 Å². The van der Waals surface area contributed by atoms with Gasteiger partial charge >= 0.3 is 29.2 Å². The molecule has 31 heavy (non-hydrogen) atoms. The summed E-state index contributed by atoms with van der Waals surface area (Å²) in [5.74, 6) is 1.97. The number of rotatable bonds is 8. The van der Waals surface area contributed by atoms with Crippen LogP contribution in [0, 0.1) is 12.3 Å². The van der Waals surface area contributed by atoms with Crippen molar-refractivity contribution >= 4 is 23.5 Å². The maximum Gasteiger partial charge on any atom is 0.490 e. The maximum atomic E-state index is 11.9. The Morgan fingerprint density at radius 2 is 1.71 bits per heavy atom. The van der Waals surface area contributed by atoms with Crippen LogP contribution in [0.25, 0.3) is 0 Å². The van der Waals surface area contributed by atoms with Crippen molar-refractivity contribution < 1.29 is 61.4 Å². The number of H-pyrrole nitrogens is 1. The highest BCUT2D eigenvalue weighted by Gasteiger charge is 2.46. The van der Waals surface area contributed by atoms with E-state index in [2.05, 4.69) is 13.1 Å². The van der Waals surface area contributed by atoms with Crippen molar-refractivity contribution in [3.63, 3.8) is 0 Å². The quantitative estimate of drug-likeness (QED) is 0.141. The molecule has 7 N–H and O–H groups in total. The molecule has 17 nitrogen and oxygen atoms in total. The van der Waals surface area contributed by atoms with E-state index < -0.39 is 65.9 Å². The van der Waals surface area contributed by atoms with E-state index in [0.29, 0.717) is 4.57 Å². The number of terminal acetylenes is 1. The van der Waals surface area contributed by atoms with Crippen LogP contribution in [0.1, 0.15) is 11.8 Å². The van der Waals surface area contributed by atoms with E-state index >= 15 is 0 Å². The molecule has 2 heterocycles. The minimum absolute atomic E-state index is 0.318. The highest BCUT2D eigenvalue weighted by atomic mass is 31.3. The Bertz CT molecular complexity index is 1130. The van der Waals surface area contributed by atoms with E-state index in [9.17, 15) is 38.4 Å². The fourth-order valence-electron chi connectivity index (χ4n) is 2.34. The lowest BCUT2D eigenvalue weighted by molar-refractivity contribution is -0.0542. The lowest BCUT2D eigenvalue weighted by atomic mass is 10.1. The third kappa shape index (κ3) is 6.75. The van der Waals surface area contributed by atoms with Gasteiger partial charge in [-0.1, -0.05) is 5.92 Å². The first-order chi connectivity index (χ1) is 14.1. The summed E-state index contributed by atoms with van der Waals surface area (Å²) >= 11 is 0. The van der Waals surface area contributed by atoms with Crippen molar-refractivity contribution in [1.29, 1.82) is 0 Å². The van der Waals surface area contributed by atoms with E-state index in [1.807, 2.05) is 10.9 Å². The van der Waals surface area contributed by atoms with Gasteiger partial charge in [0, 0.05) is 6.20 Å². The monoisotopic (exact) mass is 508 g/mol. The second-order valence-corrected chi connectivity index (χ2v) is 10.2. The standard InChI is InChI=1S/C11H15N2O15P3/c1-2-5-3-13(11(17)12-9(5)16)10-8(15)7(14)6(26-10)4-25-30(21,22)28-31(23,24)27-29(18,19)20/h1,3,6-8,10,14-15H,4H2,(H,21,22)(H,23,24)(H,12,16,17)(H2,18,19,20)/t6-,7+,8+,10-/m1/s1. The molecule has 0 spiro atoms. The van der Waals surface area contributed by atoms with Crippen LogP contribution < -0.4 is 11.2 Å². The second kappa shape index (κ2) is 9.18. The average Bonchev–Trinajstić information content (AvgIpc) is 2.85. The molecule has 0 aliphatic carbocycles. The number of aromatic amines is 1. The third-order valence-electron chi connectivity index (χ3n) is 3.55. The molecule has 1 saturated heterocycles. The number of phosphoric ester groups is 1. The topological polar surface area (TPSA) is 264 Å². The Morgan fingerprint density at radius 1 is 1.10 bits per heavy atom. The van der Waals surface area contributed by atoms with Gasteiger partial charge in [-0.05, 0) is 0 Å². The molecule has 2 unspecified atom stereocenters. The van der Waals surface area contributed by atoms with E-state index in [1.165, 1.54) is 0 Å². The summed E-state index contributed by atoms with van der Waals surface area (Å²) < 4.78 is 50.7. The van der Waals surface area contributed by atoms with Gasteiger partial charge in [0.1, 0.15) is 23.9 Å². The van der Waals surface area contributed by atoms with E-state index in [0.717, 1.165) is 6.20 Å². The number of hydrogen-bond donors (Lipinski definition) is 7. The van der Waals surface area contributed by atoms with Crippen molar-refractivity contribution in [2.24, 2.45) is 0 Å². The molecule has 0 radical (unpaired) electrons. The first-order valence-electron chi connectivity index (χ1n) is 7.67. The van der Waals surface area contributed by atoms with Gasteiger partial charge in [0.25, 0.3) is 5.56 Å². The van der Waals surface area contributed by atoms with Crippen molar-refractivity contribution in [3.8, 4) is 12.3 Å². The van der Waals surface area contributed by atoms with Gasteiger partial charge in [0.2, 0.25) is 0 Å². The normalized spacial score (nSPS) is 27.9. The van der Waals surface area contributed by atoms with E-state index in [4.69, 9.17) is 25.8 Å². The minimum atomic E-state index is -5.76. The Hall–Kier alpha value is -1.47. The molecular formula is C11H15N2O15P3. The van der Waals surface area contributed by atoms with Crippen LogP contribution in [-0.4, -0.2) is 64.3 Å². The molecule has 1 aromatic rings. The average molecular weight is 508 g/mol. The summed E-state index contributed by atoms with van der Waals surface area (Å²) in [5, 5.41) is 20.1. The number of aromatic nitrogens is 2. The fourth-order valence-corrected chi connectivity index (χ4v) is 5.37. The SMILES string of the molecule is C#Cc1cn([C@@H]2O[C@H](COP(=O)(O)OP(=O)(O)OP(=O)(O)O)[C@H](O)[C@@H]2O)c(=O)[nH]c1=O. The van der Waals surface area contributed by atoms with Gasteiger partial charge < -0.3 is 34.5 Å².